The Kier molecular flexibility index (Phi) is 3.84. The van der Waals surface area contributed by atoms with E-state index in [0.29, 0.717) is 22.7 Å². The molecule has 1 heterocycles. The molecule has 5 nitrogen and oxygen atoms in total. The fourth-order valence-electron chi connectivity index (χ4n) is 1.33. The molecule has 94 valence electrons. The molecule has 0 unspecified atom stereocenters. The molecule has 1 aromatic carbocycles. The third-order valence-electron chi connectivity index (χ3n) is 2.20. The summed E-state index contributed by atoms with van der Waals surface area (Å²) in [6.07, 6.45) is 0. The predicted octanol–water partition coefficient (Wildman–Crippen LogP) is 2.89. The van der Waals surface area contributed by atoms with Crippen molar-refractivity contribution in [2.24, 2.45) is 0 Å². The third-order valence-corrected chi connectivity index (χ3v) is 2.45. The number of methoxy groups -OCH3 is 2. The lowest BCUT2D eigenvalue weighted by Crippen LogP contribution is -2.00. The van der Waals surface area contributed by atoms with Crippen LogP contribution in [0.5, 0.6) is 11.8 Å². The molecular weight excluding hydrogens is 254 g/mol. The molecule has 0 spiro atoms. The van der Waals surface area contributed by atoms with E-state index in [4.69, 9.17) is 21.1 Å². The summed E-state index contributed by atoms with van der Waals surface area (Å²) in [5.74, 6) is 1.25. The van der Waals surface area contributed by atoms with Crippen LogP contribution >= 0.6 is 11.6 Å². The summed E-state index contributed by atoms with van der Waals surface area (Å²) in [7, 11) is 3.07. The van der Waals surface area contributed by atoms with Crippen molar-refractivity contribution in [3.8, 4) is 11.8 Å². The zero-order valence-electron chi connectivity index (χ0n) is 9.98. The van der Waals surface area contributed by atoms with Crippen LogP contribution in [0.2, 0.25) is 5.02 Å². The van der Waals surface area contributed by atoms with Crippen molar-refractivity contribution in [1.82, 2.24) is 9.97 Å². The van der Waals surface area contributed by atoms with Gasteiger partial charge in [-0.2, -0.15) is 9.97 Å². The largest absolute Gasteiger partial charge is 0.481 e. The van der Waals surface area contributed by atoms with Gasteiger partial charge in [-0.15, -0.1) is 0 Å². The van der Waals surface area contributed by atoms with Crippen molar-refractivity contribution in [2.75, 3.05) is 19.5 Å². The molecule has 0 fully saturated rings. The highest BCUT2D eigenvalue weighted by molar-refractivity contribution is 6.30. The van der Waals surface area contributed by atoms with Gasteiger partial charge in [-0.1, -0.05) is 11.6 Å². The quantitative estimate of drug-likeness (QED) is 0.921. The van der Waals surface area contributed by atoms with Crippen LogP contribution in [0.15, 0.2) is 30.3 Å². The maximum absolute atomic E-state index is 5.81. The molecule has 0 aliphatic heterocycles. The van der Waals surface area contributed by atoms with Gasteiger partial charge in [0.15, 0.2) is 0 Å². The minimum absolute atomic E-state index is 0.397. The lowest BCUT2D eigenvalue weighted by atomic mass is 10.3. The highest BCUT2D eigenvalue weighted by atomic mass is 35.5. The Hall–Kier alpha value is -2.01. The Morgan fingerprint density at radius 2 is 1.56 bits per heavy atom. The van der Waals surface area contributed by atoms with Gasteiger partial charge in [-0.25, -0.2) is 0 Å². The van der Waals surface area contributed by atoms with E-state index >= 15 is 0 Å². The highest BCUT2D eigenvalue weighted by Crippen LogP contribution is 2.21. The fraction of sp³-hybridized carbons (Fsp3) is 0.167. The van der Waals surface area contributed by atoms with Crippen molar-refractivity contribution in [2.45, 2.75) is 0 Å². The summed E-state index contributed by atoms with van der Waals surface area (Å²) < 4.78 is 10.1. The molecule has 1 N–H and O–H groups in total. The number of anilines is 2. The number of benzene rings is 1. The maximum atomic E-state index is 5.81. The standard InChI is InChI=1S/C12H12ClN3O2/c1-17-10-7-11(18-2)16-12(15-10)14-9-5-3-8(13)4-6-9/h3-7H,1-2H3,(H,14,15,16). The summed E-state index contributed by atoms with van der Waals surface area (Å²) in [5, 5.41) is 3.71. The van der Waals surface area contributed by atoms with Gasteiger partial charge in [0.05, 0.1) is 20.3 Å². The third kappa shape index (κ3) is 3.01. The zero-order valence-corrected chi connectivity index (χ0v) is 10.7. The summed E-state index contributed by atoms with van der Waals surface area (Å²) in [5.41, 5.74) is 0.828. The molecule has 0 atom stereocenters. The van der Waals surface area contributed by atoms with Crippen molar-refractivity contribution >= 4 is 23.2 Å². The van der Waals surface area contributed by atoms with E-state index in [1.165, 1.54) is 14.2 Å². The van der Waals surface area contributed by atoms with E-state index in [1.807, 2.05) is 12.1 Å². The Balaban J connectivity index is 2.25. The molecule has 0 amide bonds. The van der Waals surface area contributed by atoms with Gasteiger partial charge in [0.2, 0.25) is 17.7 Å². The maximum Gasteiger partial charge on any atom is 0.233 e. The first-order valence-electron chi connectivity index (χ1n) is 5.21. The Bertz CT molecular complexity index is 509. The van der Waals surface area contributed by atoms with Gasteiger partial charge in [-0.05, 0) is 24.3 Å². The monoisotopic (exact) mass is 265 g/mol. The van der Waals surface area contributed by atoms with Gasteiger partial charge in [0.1, 0.15) is 0 Å². The second-order valence-corrected chi connectivity index (χ2v) is 3.84. The van der Waals surface area contributed by atoms with Gasteiger partial charge < -0.3 is 14.8 Å². The second-order valence-electron chi connectivity index (χ2n) is 3.41. The van der Waals surface area contributed by atoms with Crippen LogP contribution in [-0.4, -0.2) is 24.2 Å². The number of hydrogen-bond donors (Lipinski definition) is 1. The lowest BCUT2D eigenvalue weighted by Gasteiger charge is -2.08. The lowest BCUT2D eigenvalue weighted by molar-refractivity contribution is 0.373. The van der Waals surface area contributed by atoms with Gasteiger partial charge in [0, 0.05) is 10.7 Å². The van der Waals surface area contributed by atoms with E-state index < -0.39 is 0 Å². The van der Waals surface area contributed by atoms with Gasteiger partial charge in [0.25, 0.3) is 0 Å². The molecule has 0 aliphatic rings. The Morgan fingerprint density at radius 1 is 1.00 bits per heavy atom. The average Bonchev–Trinajstić information content (AvgIpc) is 2.41. The number of aromatic nitrogens is 2. The number of halogens is 1. The van der Waals surface area contributed by atoms with E-state index in [-0.39, 0.29) is 0 Å². The molecule has 2 rings (SSSR count). The molecule has 0 saturated carbocycles. The smallest absolute Gasteiger partial charge is 0.233 e. The normalized spacial score (nSPS) is 9.94. The SMILES string of the molecule is COc1cc(OC)nc(Nc2ccc(Cl)cc2)n1. The van der Waals surface area contributed by atoms with Gasteiger partial charge >= 0.3 is 0 Å². The zero-order chi connectivity index (χ0) is 13.0. The van der Waals surface area contributed by atoms with Crippen molar-refractivity contribution in [3.63, 3.8) is 0 Å². The number of nitrogens with one attached hydrogen (secondary N) is 1. The summed E-state index contributed by atoms with van der Waals surface area (Å²) in [4.78, 5) is 8.32. The molecule has 0 saturated heterocycles. The summed E-state index contributed by atoms with van der Waals surface area (Å²) >= 11 is 5.81. The summed E-state index contributed by atoms with van der Waals surface area (Å²) in [6, 6.07) is 8.82. The molecule has 1 aromatic heterocycles. The average molecular weight is 266 g/mol. The van der Waals surface area contributed by atoms with Crippen LogP contribution in [0.3, 0.4) is 0 Å². The molecule has 0 radical (unpaired) electrons. The first-order valence-corrected chi connectivity index (χ1v) is 5.58. The first-order chi connectivity index (χ1) is 8.71. The molecule has 2 aromatic rings. The van der Waals surface area contributed by atoms with Crippen LogP contribution in [0.4, 0.5) is 11.6 Å². The van der Waals surface area contributed by atoms with Crippen molar-refractivity contribution in [3.05, 3.63) is 35.4 Å². The fourth-order valence-corrected chi connectivity index (χ4v) is 1.46. The number of hydrogen-bond acceptors (Lipinski definition) is 5. The second kappa shape index (κ2) is 5.55. The highest BCUT2D eigenvalue weighted by Gasteiger charge is 2.05. The summed E-state index contributed by atoms with van der Waals surface area (Å²) in [6.45, 7) is 0. The minimum Gasteiger partial charge on any atom is -0.481 e. The van der Waals surface area contributed by atoms with Crippen LogP contribution in [0.25, 0.3) is 0 Å². The topological polar surface area (TPSA) is 56.3 Å². The molecule has 18 heavy (non-hydrogen) atoms. The van der Waals surface area contributed by atoms with Crippen LogP contribution in [-0.2, 0) is 0 Å². The van der Waals surface area contributed by atoms with E-state index in [9.17, 15) is 0 Å². The van der Waals surface area contributed by atoms with Crippen LogP contribution in [0.1, 0.15) is 0 Å². The minimum atomic E-state index is 0.397. The predicted molar refractivity (Wildman–Crippen MR) is 69.9 cm³/mol. The Labute approximate surface area is 110 Å². The molecular formula is C12H12ClN3O2. The van der Waals surface area contributed by atoms with Crippen molar-refractivity contribution < 1.29 is 9.47 Å². The van der Waals surface area contributed by atoms with E-state index in [2.05, 4.69) is 15.3 Å². The molecule has 0 aliphatic carbocycles. The Morgan fingerprint density at radius 3 is 2.06 bits per heavy atom. The van der Waals surface area contributed by atoms with E-state index in [0.717, 1.165) is 5.69 Å². The molecule has 6 heteroatoms. The van der Waals surface area contributed by atoms with Gasteiger partial charge in [-0.3, -0.25) is 0 Å². The van der Waals surface area contributed by atoms with Crippen LogP contribution in [0, 0.1) is 0 Å². The first kappa shape index (κ1) is 12.4. The van der Waals surface area contributed by atoms with Crippen LogP contribution < -0.4 is 14.8 Å². The van der Waals surface area contributed by atoms with Crippen molar-refractivity contribution in [1.29, 1.82) is 0 Å². The van der Waals surface area contributed by atoms with E-state index in [1.54, 1.807) is 18.2 Å². The number of rotatable bonds is 4. The number of ether oxygens (including phenoxy) is 2. The molecule has 0 bridgehead atoms. The number of nitrogens with zero attached hydrogens (tertiary/aromatic N) is 2.